The molecular weight excluding hydrogens is 252 g/mol. The van der Waals surface area contributed by atoms with Crippen LogP contribution in [0.3, 0.4) is 0 Å². The van der Waals surface area contributed by atoms with Gasteiger partial charge in [0.1, 0.15) is 11.4 Å². The minimum atomic E-state index is -0.448. The van der Waals surface area contributed by atoms with E-state index in [1.807, 2.05) is 0 Å². The van der Waals surface area contributed by atoms with E-state index in [4.69, 9.17) is 4.74 Å². The Balaban J connectivity index is 3.31. The topological polar surface area (TPSA) is 64.4 Å². The normalized spacial score (nSPS) is 9.64. The Hall–Kier alpha value is -1.30. The first-order chi connectivity index (χ1) is 6.60. The Morgan fingerprint density at radius 3 is 2.64 bits per heavy atom. The van der Waals surface area contributed by atoms with Crippen LogP contribution < -0.4 is 10.1 Å². The summed E-state index contributed by atoms with van der Waals surface area (Å²) in [5.41, 5.74) is 0.440. The number of nitro groups is 1. The lowest BCUT2D eigenvalue weighted by molar-refractivity contribution is -0.384. The lowest BCUT2D eigenvalue weighted by atomic mass is 10.2. The highest BCUT2D eigenvalue weighted by Crippen LogP contribution is 2.35. The van der Waals surface area contributed by atoms with Gasteiger partial charge in [0.2, 0.25) is 0 Å². The molecule has 0 saturated carbocycles. The van der Waals surface area contributed by atoms with Crippen molar-refractivity contribution in [1.82, 2.24) is 0 Å². The number of benzene rings is 1. The lowest BCUT2D eigenvalue weighted by Crippen LogP contribution is -1.97. The maximum Gasteiger partial charge on any atom is 0.293 e. The van der Waals surface area contributed by atoms with Crippen molar-refractivity contribution in [3.8, 4) is 5.75 Å². The van der Waals surface area contributed by atoms with E-state index in [0.717, 1.165) is 0 Å². The van der Waals surface area contributed by atoms with Gasteiger partial charge in [-0.25, -0.2) is 0 Å². The molecule has 5 nitrogen and oxygen atoms in total. The second-order valence-corrected chi connectivity index (χ2v) is 3.37. The largest absolute Gasteiger partial charge is 0.495 e. The van der Waals surface area contributed by atoms with Crippen LogP contribution in [-0.2, 0) is 0 Å². The van der Waals surface area contributed by atoms with Crippen LogP contribution in [0.4, 0.5) is 11.4 Å². The molecule has 0 atom stereocenters. The van der Waals surface area contributed by atoms with E-state index in [1.165, 1.54) is 13.2 Å². The van der Waals surface area contributed by atoms with Gasteiger partial charge in [0.05, 0.1) is 16.5 Å². The molecule has 1 aromatic carbocycles. The fourth-order valence-electron chi connectivity index (χ4n) is 1.05. The molecule has 0 saturated heterocycles. The lowest BCUT2D eigenvalue weighted by Gasteiger charge is -2.06. The highest BCUT2D eigenvalue weighted by molar-refractivity contribution is 9.10. The molecule has 1 rings (SSSR count). The first kappa shape index (κ1) is 10.8. The molecule has 76 valence electrons. The molecule has 14 heavy (non-hydrogen) atoms. The highest BCUT2D eigenvalue weighted by atomic mass is 79.9. The SMILES string of the molecule is CNc1cc(OC)c(Br)cc1[N+](=O)[O-]. The molecule has 0 bridgehead atoms. The fraction of sp³-hybridized carbons (Fsp3) is 0.250. The summed E-state index contributed by atoms with van der Waals surface area (Å²) in [6.07, 6.45) is 0. The predicted molar refractivity (Wildman–Crippen MR) is 56.9 cm³/mol. The third kappa shape index (κ3) is 1.95. The van der Waals surface area contributed by atoms with E-state index >= 15 is 0 Å². The Morgan fingerprint density at radius 1 is 1.57 bits per heavy atom. The molecule has 1 N–H and O–H groups in total. The number of nitrogens with zero attached hydrogens (tertiary/aromatic N) is 1. The predicted octanol–water partition coefficient (Wildman–Crippen LogP) is 2.41. The van der Waals surface area contributed by atoms with E-state index in [-0.39, 0.29) is 5.69 Å². The smallest absolute Gasteiger partial charge is 0.293 e. The number of ether oxygens (including phenoxy) is 1. The van der Waals surface area contributed by atoms with Crippen molar-refractivity contribution in [3.05, 3.63) is 26.7 Å². The second kappa shape index (κ2) is 4.28. The summed E-state index contributed by atoms with van der Waals surface area (Å²) in [4.78, 5) is 10.2. The molecule has 0 amide bonds. The summed E-state index contributed by atoms with van der Waals surface area (Å²) >= 11 is 3.18. The molecule has 0 aliphatic rings. The molecular formula is C8H9BrN2O3. The average Bonchev–Trinajstić information content (AvgIpc) is 2.17. The fourth-order valence-corrected chi connectivity index (χ4v) is 1.54. The highest BCUT2D eigenvalue weighted by Gasteiger charge is 2.16. The average molecular weight is 261 g/mol. The van der Waals surface area contributed by atoms with E-state index in [2.05, 4.69) is 21.2 Å². The third-order valence-corrected chi connectivity index (χ3v) is 2.36. The molecule has 0 heterocycles. The molecule has 0 radical (unpaired) electrons. The van der Waals surface area contributed by atoms with Crippen molar-refractivity contribution < 1.29 is 9.66 Å². The van der Waals surface area contributed by atoms with Crippen molar-refractivity contribution in [3.63, 3.8) is 0 Å². The van der Waals surface area contributed by atoms with Gasteiger partial charge in [-0.1, -0.05) is 0 Å². The van der Waals surface area contributed by atoms with Crippen LogP contribution in [0.15, 0.2) is 16.6 Å². The van der Waals surface area contributed by atoms with Crippen molar-refractivity contribution in [1.29, 1.82) is 0 Å². The van der Waals surface area contributed by atoms with Crippen LogP contribution in [0.2, 0.25) is 0 Å². The number of halogens is 1. The van der Waals surface area contributed by atoms with E-state index in [1.54, 1.807) is 13.1 Å². The Morgan fingerprint density at radius 2 is 2.21 bits per heavy atom. The Labute approximate surface area is 89.3 Å². The van der Waals surface area contributed by atoms with E-state index < -0.39 is 4.92 Å². The van der Waals surface area contributed by atoms with Gasteiger partial charge >= 0.3 is 0 Å². The number of rotatable bonds is 3. The first-order valence-corrected chi connectivity index (χ1v) is 4.59. The monoisotopic (exact) mass is 260 g/mol. The summed E-state index contributed by atoms with van der Waals surface area (Å²) in [5, 5.41) is 13.4. The molecule has 0 aromatic heterocycles. The number of nitrogens with one attached hydrogen (secondary N) is 1. The van der Waals surface area contributed by atoms with Gasteiger partial charge in [-0.05, 0) is 15.9 Å². The van der Waals surface area contributed by atoms with Gasteiger partial charge in [-0.2, -0.15) is 0 Å². The molecule has 6 heteroatoms. The zero-order valence-electron chi connectivity index (χ0n) is 7.70. The molecule has 0 spiro atoms. The van der Waals surface area contributed by atoms with Gasteiger partial charge in [-0.15, -0.1) is 0 Å². The summed E-state index contributed by atoms with van der Waals surface area (Å²) in [5.74, 6) is 0.556. The van der Waals surface area contributed by atoms with Gasteiger partial charge in [0.25, 0.3) is 5.69 Å². The summed E-state index contributed by atoms with van der Waals surface area (Å²) < 4.78 is 5.57. The van der Waals surface area contributed by atoms with Gasteiger partial charge in [0, 0.05) is 19.2 Å². The minimum absolute atomic E-state index is 0.0141. The number of hydrogen-bond donors (Lipinski definition) is 1. The number of nitro benzene ring substituents is 1. The zero-order chi connectivity index (χ0) is 10.7. The van der Waals surface area contributed by atoms with Crippen LogP contribution >= 0.6 is 15.9 Å². The zero-order valence-corrected chi connectivity index (χ0v) is 9.29. The Bertz CT molecular complexity index is 368. The molecule has 0 fully saturated rings. The number of methoxy groups -OCH3 is 1. The maximum absolute atomic E-state index is 10.6. The molecule has 0 aliphatic heterocycles. The van der Waals surface area contributed by atoms with Gasteiger partial charge in [-0.3, -0.25) is 10.1 Å². The van der Waals surface area contributed by atoms with Gasteiger partial charge in [0.15, 0.2) is 0 Å². The second-order valence-electron chi connectivity index (χ2n) is 2.51. The van der Waals surface area contributed by atoms with E-state index in [9.17, 15) is 10.1 Å². The van der Waals surface area contributed by atoms with Crippen LogP contribution in [0.25, 0.3) is 0 Å². The molecule has 0 aliphatic carbocycles. The van der Waals surface area contributed by atoms with Crippen molar-refractivity contribution in [2.75, 3.05) is 19.5 Å². The summed E-state index contributed by atoms with van der Waals surface area (Å²) in [6, 6.07) is 2.98. The summed E-state index contributed by atoms with van der Waals surface area (Å²) in [7, 11) is 3.13. The maximum atomic E-state index is 10.6. The molecule has 0 unspecified atom stereocenters. The Kier molecular flexibility index (Phi) is 3.29. The van der Waals surface area contributed by atoms with E-state index in [0.29, 0.717) is 15.9 Å². The number of anilines is 1. The van der Waals surface area contributed by atoms with Gasteiger partial charge < -0.3 is 10.1 Å². The van der Waals surface area contributed by atoms with Crippen LogP contribution in [0.1, 0.15) is 0 Å². The third-order valence-electron chi connectivity index (χ3n) is 1.74. The summed E-state index contributed by atoms with van der Waals surface area (Å²) in [6.45, 7) is 0. The number of hydrogen-bond acceptors (Lipinski definition) is 4. The van der Waals surface area contributed by atoms with Crippen LogP contribution in [0.5, 0.6) is 5.75 Å². The van der Waals surface area contributed by atoms with Crippen molar-refractivity contribution >= 4 is 27.3 Å². The van der Waals surface area contributed by atoms with Crippen LogP contribution in [-0.4, -0.2) is 19.1 Å². The van der Waals surface area contributed by atoms with Crippen molar-refractivity contribution in [2.45, 2.75) is 0 Å². The van der Waals surface area contributed by atoms with Crippen molar-refractivity contribution in [2.24, 2.45) is 0 Å². The quantitative estimate of drug-likeness (QED) is 0.670. The standard InChI is InChI=1S/C8H9BrN2O3/c1-10-6-4-8(14-2)5(9)3-7(6)11(12)13/h3-4,10H,1-2H3. The minimum Gasteiger partial charge on any atom is -0.495 e. The molecule has 1 aromatic rings. The van der Waals surface area contributed by atoms with Crippen LogP contribution in [0, 0.1) is 10.1 Å². The first-order valence-electron chi connectivity index (χ1n) is 3.79.